The molecule has 1 fully saturated rings. The number of phenols is 4. The number of phenolic OH excluding ortho intramolecular Hbond substituents is 4. The first kappa shape index (κ1) is 29.0. The average Bonchev–Trinajstić information content (AvgIpc) is 2.88. The number of aliphatic hydroxyl groups excluding tert-OH is 1. The van der Waals surface area contributed by atoms with Gasteiger partial charge in [0.15, 0.2) is 28.6 Å². The quantitative estimate of drug-likeness (QED) is 0.121. The van der Waals surface area contributed by atoms with Gasteiger partial charge in [-0.15, -0.1) is 0 Å². The molecule has 2 aromatic carbocycles. The predicted octanol–water partition coefficient (Wildman–Crippen LogP) is 1.51. The van der Waals surface area contributed by atoms with Gasteiger partial charge in [-0.2, -0.15) is 0 Å². The number of ether oxygens (including phenoxy) is 3. The minimum atomic E-state index is -2.25. The maximum atomic E-state index is 12.5. The first-order valence-corrected chi connectivity index (χ1v) is 11.8. The molecule has 208 valence electrons. The van der Waals surface area contributed by atoms with E-state index in [1.165, 1.54) is 55.5 Å². The van der Waals surface area contributed by atoms with E-state index in [-0.39, 0.29) is 18.1 Å². The average molecular weight is 545 g/mol. The zero-order valence-corrected chi connectivity index (χ0v) is 20.8. The zero-order valence-electron chi connectivity index (χ0n) is 20.8. The Labute approximate surface area is 222 Å². The molecule has 39 heavy (non-hydrogen) atoms. The molecule has 2 aromatic rings. The smallest absolute Gasteiger partial charge is 0.338 e. The van der Waals surface area contributed by atoms with Crippen LogP contribution in [-0.2, 0) is 28.6 Å². The second kappa shape index (κ2) is 12.3. The maximum Gasteiger partial charge on any atom is 0.338 e. The lowest BCUT2D eigenvalue weighted by molar-refractivity contribution is -0.206. The molecular weight excluding hydrogens is 516 g/mol. The van der Waals surface area contributed by atoms with Gasteiger partial charge in [0.25, 0.3) is 0 Å². The molecule has 0 radical (unpaired) electrons. The Morgan fingerprint density at radius 2 is 1.26 bits per heavy atom. The van der Waals surface area contributed by atoms with Crippen molar-refractivity contribution in [2.24, 2.45) is 0 Å². The van der Waals surface area contributed by atoms with Gasteiger partial charge in [-0.25, -0.2) is 14.4 Å². The number of benzene rings is 2. The summed E-state index contributed by atoms with van der Waals surface area (Å²) >= 11 is 0. The Bertz CT molecular complexity index is 1200. The van der Waals surface area contributed by atoms with Crippen molar-refractivity contribution in [1.29, 1.82) is 0 Å². The third-order valence-electron chi connectivity index (χ3n) is 5.85. The molecular formula is C27H28O12. The minimum Gasteiger partial charge on any atom is -0.504 e. The van der Waals surface area contributed by atoms with Crippen molar-refractivity contribution >= 4 is 30.1 Å². The van der Waals surface area contributed by atoms with Gasteiger partial charge in [0.05, 0.1) is 6.61 Å². The van der Waals surface area contributed by atoms with E-state index in [2.05, 4.69) is 0 Å². The van der Waals surface area contributed by atoms with E-state index in [9.17, 15) is 45.0 Å². The Kier molecular flexibility index (Phi) is 9.17. The summed E-state index contributed by atoms with van der Waals surface area (Å²) in [5, 5.41) is 59.7. The van der Waals surface area contributed by atoms with Crippen molar-refractivity contribution in [3.63, 3.8) is 0 Å². The van der Waals surface area contributed by atoms with Gasteiger partial charge < -0.3 is 44.8 Å². The normalized spacial score (nSPS) is 23.0. The fraction of sp³-hybridized carbons (Fsp3) is 0.296. The number of carbonyl (C=O) groups is 3. The second-order valence-electron chi connectivity index (χ2n) is 8.76. The minimum absolute atomic E-state index is 0.0664. The van der Waals surface area contributed by atoms with Crippen molar-refractivity contribution in [3.05, 3.63) is 59.7 Å². The summed E-state index contributed by atoms with van der Waals surface area (Å²) in [5.74, 6) is -4.52. The Morgan fingerprint density at radius 1 is 0.821 bits per heavy atom. The highest BCUT2D eigenvalue weighted by atomic mass is 16.6. The number of rotatable bonds is 8. The summed E-state index contributed by atoms with van der Waals surface area (Å²) in [6.07, 6.45) is -1.20. The lowest BCUT2D eigenvalue weighted by Crippen LogP contribution is -2.58. The van der Waals surface area contributed by atoms with Gasteiger partial charge in [0.1, 0.15) is 18.3 Å². The highest BCUT2D eigenvalue weighted by Gasteiger charge is 2.53. The van der Waals surface area contributed by atoms with Crippen molar-refractivity contribution in [3.8, 4) is 23.0 Å². The SMILES string of the molecule is CCOC(=O)C1(O)C[C@H](OC(=O)/C=C/c2ccc(O)c(O)c2)C(O)[C@@H](OC(=O)/C=C/c2ccc(O)c(O)c2)C1. The lowest BCUT2D eigenvalue weighted by Gasteiger charge is -2.41. The zero-order chi connectivity index (χ0) is 28.7. The molecule has 0 heterocycles. The molecule has 1 aliphatic carbocycles. The van der Waals surface area contributed by atoms with Gasteiger partial charge in [-0.3, -0.25) is 0 Å². The van der Waals surface area contributed by atoms with E-state index in [0.29, 0.717) is 11.1 Å². The summed E-state index contributed by atoms with van der Waals surface area (Å²) in [7, 11) is 0. The fourth-order valence-electron chi connectivity index (χ4n) is 3.88. The summed E-state index contributed by atoms with van der Waals surface area (Å²) in [6.45, 7) is 1.45. The molecule has 0 unspecified atom stereocenters. The number of hydrogen-bond acceptors (Lipinski definition) is 12. The first-order chi connectivity index (χ1) is 18.4. The predicted molar refractivity (Wildman–Crippen MR) is 134 cm³/mol. The Morgan fingerprint density at radius 3 is 1.64 bits per heavy atom. The van der Waals surface area contributed by atoms with Crippen LogP contribution in [0.4, 0.5) is 0 Å². The number of hydrogen-bond donors (Lipinski definition) is 6. The van der Waals surface area contributed by atoms with Crippen LogP contribution in [0.25, 0.3) is 12.2 Å². The van der Waals surface area contributed by atoms with Gasteiger partial charge in [-0.05, 0) is 54.5 Å². The van der Waals surface area contributed by atoms with Gasteiger partial charge in [0, 0.05) is 25.0 Å². The molecule has 2 atom stereocenters. The van der Waals surface area contributed by atoms with Gasteiger partial charge >= 0.3 is 17.9 Å². The number of esters is 3. The van der Waals surface area contributed by atoms with Crippen LogP contribution >= 0.6 is 0 Å². The van der Waals surface area contributed by atoms with Crippen molar-refractivity contribution in [2.45, 2.75) is 43.7 Å². The van der Waals surface area contributed by atoms with E-state index < -0.39 is 66.2 Å². The molecule has 1 saturated carbocycles. The van der Waals surface area contributed by atoms with Crippen LogP contribution in [0.3, 0.4) is 0 Å². The van der Waals surface area contributed by atoms with Gasteiger partial charge in [0.2, 0.25) is 0 Å². The van der Waals surface area contributed by atoms with Crippen molar-refractivity contribution in [1.82, 2.24) is 0 Å². The fourth-order valence-corrected chi connectivity index (χ4v) is 3.88. The highest BCUT2D eigenvalue weighted by molar-refractivity contribution is 5.88. The van der Waals surface area contributed by atoms with E-state index >= 15 is 0 Å². The Balaban J connectivity index is 1.75. The number of carbonyl (C=O) groups excluding carboxylic acids is 3. The largest absolute Gasteiger partial charge is 0.504 e. The van der Waals surface area contributed by atoms with Crippen LogP contribution in [0, 0.1) is 0 Å². The molecule has 0 aliphatic heterocycles. The molecule has 0 amide bonds. The maximum absolute atomic E-state index is 12.5. The molecule has 3 rings (SSSR count). The summed E-state index contributed by atoms with van der Waals surface area (Å²) in [4.78, 5) is 37.4. The van der Waals surface area contributed by atoms with E-state index in [1.54, 1.807) is 0 Å². The highest BCUT2D eigenvalue weighted by Crippen LogP contribution is 2.34. The molecule has 0 aromatic heterocycles. The molecule has 1 aliphatic rings. The van der Waals surface area contributed by atoms with E-state index in [0.717, 1.165) is 12.2 Å². The molecule has 12 heteroatoms. The van der Waals surface area contributed by atoms with Crippen LogP contribution in [0.5, 0.6) is 23.0 Å². The van der Waals surface area contributed by atoms with Crippen LogP contribution < -0.4 is 0 Å². The number of aromatic hydroxyl groups is 4. The van der Waals surface area contributed by atoms with E-state index in [1.807, 2.05) is 0 Å². The van der Waals surface area contributed by atoms with Crippen LogP contribution in [0.2, 0.25) is 0 Å². The van der Waals surface area contributed by atoms with Crippen LogP contribution in [0.15, 0.2) is 48.6 Å². The third kappa shape index (κ3) is 7.49. The number of aliphatic hydroxyl groups is 2. The molecule has 0 spiro atoms. The third-order valence-corrected chi connectivity index (χ3v) is 5.85. The van der Waals surface area contributed by atoms with Crippen molar-refractivity contribution < 1.29 is 59.2 Å². The molecule has 0 saturated heterocycles. The topological polar surface area (TPSA) is 200 Å². The van der Waals surface area contributed by atoms with Crippen LogP contribution in [-0.4, -0.2) is 79.1 Å². The standard InChI is InChI=1S/C27H28O12/c1-2-37-26(35)27(36)13-21(38-23(32)9-5-15-3-7-17(28)19(30)11-15)25(34)22(14-27)39-24(33)10-6-16-4-8-18(29)20(31)12-16/h3-12,21-22,25,28-31,34,36H,2,13-14H2,1H3/b9-5+,10-6+/t21-,22-,25?,27?/m0/s1. The van der Waals surface area contributed by atoms with Crippen molar-refractivity contribution in [2.75, 3.05) is 6.61 Å². The molecule has 6 N–H and O–H groups in total. The van der Waals surface area contributed by atoms with Gasteiger partial charge in [-0.1, -0.05) is 12.1 Å². The monoisotopic (exact) mass is 544 g/mol. The second-order valence-corrected chi connectivity index (χ2v) is 8.76. The lowest BCUT2D eigenvalue weighted by atomic mass is 9.79. The first-order valence-electron chi connectivity index (χ1n) is 11.8. The Hall–Kier alpha value is -4.55. The van der Waals surface area contributed by atoms with Crippen LogP contribution in [0.1, 0.15) is 30.9 Å². The summed E-state index contributed by atoms with van der Waals surface area (Å²) < 4.78 is 15.4. The molecule has 0 bridgehead atoms. The molecule has 12 nitrogen and oxygen atoms in total. The summed E-state index contributed by atoms with van der Waals surface area (Å²) in [6, 6.07) is 7.63. The van der Waals surface area contributed by atoms with E-state index in [4.69, 9.17) is 14.2 Å². The summed E-state index contributed by atoms with van der Waals surface area (Å²) in [5.41, 5.74) is -1.56.